The number of aromatic nitrogens is 2. The van der Waals surface area contributed by atoms with E-state index in [9.17, 15) is 0 Å². The smallest absolute Gasteiger partial charge is 0.225 e. The standard InChI is InChI=1S/C12H18N4/c1-8-6-14-12(15-7-8)16-10-2-3-11(16)5-9(13)4-10/h6-7,9-11H,2-5,13H2,1H3. The summed E-state index contributed by atoms with van der Waals surface area (Å²) in [5.41, 5.74) is 7.17. The highest BCUT2D eigenvalue weighted by Gasteiger charge is 2.40. The van der Waals surface area contributed by atoms with E-state index in [4.69, 9.17) is 5.73 Å². The SMILES string of the molecule is Cc1cnc(N2C3CCC2CC(N)C3)nc1. The second-order valence-electron chi connectivity index (χ2n) is 5.08. The van der Waals surface area contributed by atoms with Gasteiger partial charge in [-0.2, -0.15) is 0 Å². The zero-order chi connectivity index (χ0) is 11.1. The minimum Gasteiger partial charge on any atom is -0.335 e. The molecular weight excluding hydrogens is 200 g/mol. The van der Waals surface area contributed by atoms with Crippen LogP contribution in [0.15, 0.2) is 12.4 Å². The number of piperidine rings is 1. The average Bonchev–Trinajstić information content (AvgIpc) is 2.54. The van der Waals surface area contributed by atoms with Crippen LogP contribution in [0.2, 0.25) is 0 Å². The van der Waals surface area contributed by atoms with Crippen molar-refractivity contribution in [1.29, 1.82) is 0 Å². The summed E-state index contributed by atoms with van der Waals surface area (Å²) >= 11 is 0. The summed E-state index contributed by atoms with van der Waals surface area (Å²) < 4.78 is 0. The summed E-state index contributed by atoms with van der Waals surface area (Å²) in [7, 11) is 0. The van der Waals surface area contributed by atoms with Crippen molar-refractivity contribution in [3.05, 3.63) is 18.0 Å². The van der Waals surface area contributed by atoms with E-state index in [1.54, 1.807) is 0 Å². The van der Waals surface area contributed by atoms with Crippen molar-refractivity contribution in [2.24, 2.45) is 5.73 Å². The third kappa shape index (κ3) is 1.57. The number of anilines is 1. The largest absolute Gasteiger partial charge is 0.335 e. The van der Waals surface area contributed by atoms with E-state index in [0.717, 1.165) is 24.4 Å². The first-order valence-corrected chi connectivity index (χ1v) is 6.06. The predicted molar refractivity (Wildman–Crippen MR) is 63.3 cm³/mol. The molecule has 2 fully saturated rings. The summed E-state index contributed by atoms with van der Waals surface area (Å²) in [6.07, 6.45) is 8.47. The lowest BCUT2D eigenvalue weighted by Crippen LogP contribution is -2.48. The number of aryl methyl sites for hydroxylation is 1. The molecule has 0 amide bonds. The summed E-state index contributed by atoms with van der Waals surface area (Å²) in [5, 5.41) is 0. The van der Waals surface area contributed by atoms with E-state index >= 15 is 0 Å². The number of nitrogens with zero attached hydrogens (tertiary/aromatic N) is 3. The summed E-state index contributed by atoms with van der Waals surface area (Å²) in [6, 6.07) is 1.51. The lowest BCUT2D eigenvalue weighted by atomic mass is 9.99. The van der Waals surface area contributed by atoms with Crippen LogP contribution in [0.4, 0.5) is 5.95 Å². The molecule has 16 heavy (non-hydrogen) atoms. The Morgan fingerprint density at radius 2 is 1.75 bits per heavy atom. The number of rotatable bonds is 1. The molecule has 4 nitrogen and oxygen atoms in total. The van der Waals surface area contributed by atoms with Crippen LogP contribution in [0, 0.1) is 6.92 Å². The molecule has 0 saturated carbocycles. The minimum atomic E-state index is 0.374. The Kier molecular flexibility index (Phi) is 2.32. The van der Waals surface area contributed by atoms with Gasteiger partial charge in [0.25, 0.3) is 0 Å². The van der Waals surface area contributed by atoms with Crippen LogP contribution in [0.3, 0.4) is 0 Å². The number of fused-ring (bicyclic) bond motifs is 2. The monoisotopic (exact) mass is 218 g/mol. The lowest BCUT2D eigenvalue weighted by molar-refractivity contribution is 0.409. The molecule has 0 spiro atoms. The highest BCUT2D eigenvalue weighted by atomic mass is 15.3. The number of hydrogen-bond acceptors (Lipinski definition) is 4. The van der Waals surface area contributed by atoms with E-state index in [1.807, 2.05) is 19.3 Å². The average molecular weight is 218 g/mol. The van der Waals surface area contributed by atoms with E-state index < -0.39 is 0 Å². The van der Waals surface area contributed by atoms with Gasteiger partial charge in [-0.1, -0.05) is 0 Å². The normalized spacial score (nSPS) is 33.1. The Labute approximate surface area is 95.9 Å². The van der Waals surface area contributed by atoms with Gasteiger partial charge in [-0.15, -0.1) is 0 Å². The maximum Gasteiger partial charge on any atom is 0.225 e. The molecule has 2 N–H and O–H groups in total. The number of nitrogens with two attached hydrogens (primary N) is 1. The molecule has 2 aliphatic heterocycles. The Bertz CT molecular complexity index is 361. The van der Waals surface area contributed by atoms with Crippen molar-refractivity contribution in [3.8, 4) is 0 Å². The van der Waals surface area contributed by atoms with E-state index in [1.165, 1.54) is 12.8 Å². The second-order valence-corrected chi connectivity index (χ2v) is 5.08. The highest BCUT2D eigenvalue weighted by molar-refractivity contribution is 5.37. The van der Waals surface area contributed by atoms with Crippen molar-refractivity contribution in [3.63, 3.8) is 0 Å². The molecule has 2 bridgehead atoms. The van der Waals surface area contributed by atoms with Gasteiger partial charge in [-0.25, -0.2) is 9.97 Å². The van der Waals surface area contributed by atoms with Crippen molar-refractivity contribution in [2.75, 3.05) is 4.90 Å². The zero-order valence-corrected chi connectivity index (χ0v) is 9.63. The first-order valence-electron chi connectivity index (χ1n) is 6.06. The molecule has 0 aliphatic carbocycles. The molecule has 2 unspecified atom stereocenters. The predicted octanol–water partition coefficient (Wildman–Crippen LogP) is 1.24. The van der Waals surface area contributed by atoms with Gasteiger partial charge in [-0.3, -0.25) is 0 Å². The highest BCUT2D eigenvalue weighted by Crippen LogP contribution is 2.36. The molecule has 0 aromatic carbocycles. The lowest BCUT2D eigenvalue weighted by Gasteiger charge is -2.37. The molecule has 4 heteroatoms. The van der Waals surface area contributed by atoms with Gasteiger partial charge in [0.05, 0.1) is 0 Å². The second kappa shape index (κ2) is 3.70. The Balaban J connectivity index is 1.88. The fourth-order valence-corrected chi connectivity index (χ4v) is 3.06. The Morgan fingerprint density at radius 3 is 2.31 bits per heavy atom. The third-order valence-corrected chi connectivity index (χ3v) is 3.77. The van der Waals surface area contributed by atoms with Crippen molar-refractivity contribution in [1.82, 2.24) is 9.97 Å². The van der Waals surface area contributed by atoms with Gasteiger partial charge < -0.3 is 10.6 Å². The molecule has 0 radical (unpaired) electrons. The van der Waals surface area contributed by atoms with Crippen molar-refractivity contribution in [2.45, 2.75) is 50.7 Å². The van der Waals surface area contributed by atoms with Crippen LogP contribution in [-0.4, -0.2) is 28.1 Å². The summed E-state index contributed by atoms with van der Waals surface area (Å²) in [6.45, 7) is 2.02. The van der Waals surface area contributed by atoms with Crippen LogP contribution in [0.1, 0.15) is 31.2 Å². The molecule has 2 aliphatic rings. The van der Waals surface area contributed by atoms with Crippen LogP contribution < -0.4 is 10.6 Å². The van der Waals surface area contributed by atoms with Crippen LogP contribution >= 0.6 is 0 Å². The van der Waals surface area contributed by atoms with Gasteiger partial charge in [0.15, 0.2) is 0 Å². The molecule has 86 valence electrons. The third-order valence-electron chi connectivity index (χ3n) is 3.77. The van der Waals surface area contributed by atoms with Gasteiger partial charge in [-0.05, 0) is 38.2 Å². The summed E-state index contributed by atoms with van der Waals surface area (Å²) in [4.78, 5) is 11.3. The van der Waals surface area contributed by atoms with E-state index in [0.29, 0.717) is 18.1 Å². The molecule has 3 rings (SSSR count). The molecule has 1 aromatic rings. The maximum absolute atomic E-state index is 6.05. The molecule has 2 saturated heterocycles. The summed E-state index contributed by atoms with van der Waals surface area (Å²) in [5.74, 6) is 0.894. The number of hydrogen-bond donors (Lipinski definition) is 1. The quantitative estimate of drug-likeness (QED) is 0.770. The van der Waals surface area contributed by atoms with Crippen LogP contribution in [0.25, 0.3) is 0 Å². The molecule has 3 heterocycles. The molecule has 2 atom stereocenters. The maximum atomic E-state index is 6.05. The van der Waals surface area contributed by atoms with Gasteiger partial charge in [0.2, 0.25) is 5.95 Å². The van der Waals surface area contributed by atoms with E-state index in [2.05, 4.69) is 14.9 Å². The van der Waals surface area contributed by atoms with Crippen molar-refractivity contribution < 1.29 is 0 Å². The zero-order valence-electron chi connectivity index (χ0n) is 9.63. The van der Waals surface area contributed by atoms with Crippen LogP contribution in [0.5, 0.6) is 0 Å². The van der Waals surface area contributed by atoms with Crippen LogP contribution in [-0.2, 0) is 0 Å². The Hall–Kier alpha value is -1.16. The van der Waals surface area contributed by atoms with Gasteiger partial charge >= 0.3 is 0 Å². The van der Waals surface area contributed by atoms with Gasteiger partial charge in [0.1, 0.15) is 0 Å². The first kappa shape index (κ1) is 10.0. The first-order chi connectivity index (χ1) is 7.74. The van der Waals surface area contributed by atoms with Gasteiger partial charge in [0, 0.05) is 30.5 Å². The molecule has 1 aromatic heterocycles. The molecular formula is C12H18N4. The Morgan fingerprint density at radius 1 is 1.19 bits per heavy atom. The fourth-order valence-electron chi connectivity index (χ4n) is 3.06. The topological polar surface area (TPSA) is 55.0 Å². The van der Waals surface area contributed by atoms with E-state index in [-0.39, 0.29) is 0 Å². The minimum absolute atomic E-state index is 0.374. The van der Waals surface area contributed by atoms with Crippen molar-refractivity contribution >= 4 is 5.95 Å². The fraction of sp³-hybridized carbons (Fsp3) is 0.667.